The first-order chi connectivity index (χ1) is 20.0. The SMILES string of the molecule is CCCN(CCC)C(=O)c1cccc(NC(=O)[C@H](OC(C)=O)[C@@H](OC(C)=O)C(=O)NCc2ccc(C(=O)OC)cc2)c1. The van der Waals surface area contributed by atoms with Crippen molar-refractivity contribution in [1.29, 1.82) is 0 Å². The van der Waals surface area contributed by atoms with E-state index in [0.29, 0.717) is 29.8 Å². The molecule has 2 atom stereocenters. The fourth-order valence-electron chi connectivity index (χ4n) is 4.01. The molecular formula is C30H37N3O9. The van der Waals surface area contributed by atoms with E-state index in [0.717, 1.165) is 26.7 Å². The number of esters is 3. The molecule has 0 unspecified atom stereocenters. The van der Waals surface area contributed by atoms with E-state index in [1.165, 1.54) is 31.4 Å². The second-order valence-corrected chi connectivity index (χ2v) is 9.33. The van der Waals surface area contributed by atoms with Crippen molar-refractivity contribution in [2.24, 2.45) is 0 Å². The number of amides is 3. The standard InChI is InChI=1S/C30H37N3O9/c1-6-15-33(16-7-2)29(38)23-9-8-10-24(17-23)32-28(37)26(42-20(4)35)25(41-19(3)34)27(36)31-18-21-11-13-22(14-12-21)30(39)40-5/h8-14,17,25-26H,6-7,15-16,18H2,1-5H3,(H,31,36)(H,32,37)/t25-,26-/m1/s1. The lowest BCUT2D eigenvalue weighted by molar-refractivity contribution is -0.173. The third kappa shape index (κ3) is 10.0. The number of carbonyl (C=O) groups is 6. The number of nitrogens with one attached hydrogen (secondary N) is 2. The number of hydrogen-bond acceptors (Lipinski definition) is 9. The first-order valence-electron chi connectivity index (χ1n) is 13.5. The van der Waals surface area contributed by atoms with E-state index in [1.54, 1.807) is 29.2 Å². The Bertz CT molecular complexity index is 1270. The van der Waals surface area contributed by atoms with Gasteiger partial charge in [0.15, 0.2) is 0 Å². The number of nitrogens with zero attached hydrogens (tertiary/aromatic N) is 1. The van der Waals surface area contributed by atoms with E-state index in [2.05, 4.69) is 15.4 Å². The number of benzene rings is 2. The molecule has 0 saturated carbocycles. The molecule has 12 nitrogen and oxygen atoms in total. The Morgan fingerprint density at radius 1 is 0.786 bits per heavy atom. The quantitative estimate of drug-likeness (QED) is 0.252. The van der Waals surface area contributed by atoms with Crippen LogP contribution in [0.1, 0.15) is 66.8 Å². The average molecular weight is 584 g/mol. The summed E-state index contributed by atoms with van der Waals surface area (Å²) in [6.07, 6.45) is -2.10. The Balaban J connectivity index is 2.25. The van der Waals surface area contributed by atoms with E-state index in [-0.39, 0.29) is 18.1 Å². The van der Waals surface area contributed by atoms with Gasteiger partial charge in [0.1, 0.15) is 0 Å². The van der Waals surface area contributed by atoms with Crippen molar-refractivity contribution < 1.29 is 43.0 Å². The number of anilines is 1. The summed E-state index contributed by atoms with van der Waals surface area (Å²) in [6.45, 7) is 7.13. The molecule has 0 aliphatic rings. The second kappa shape index (κ2) is 16.5. The zero-order valence-electron chi connectivity index (χ0n) is 24.4. The summed E-state index contributed by atoms with van der Waals surface area (Å²) in [6, 6.07) is 12.4. The van der Waals surface area contributed by atoms with Gasteiger partial charge >= 0.3 is 17.9 Å². The Hall–Kier alpha value is -4.74. The highest BCUT2D eigenvalue weighted by atomic mass is 16.6. The smallest absolute Gasteiger partial charge is 0.337 e. The minimum Gasteiger partial charge on any atom is -0.465 e. The molecule has 2 aromatic rings. The largest absolute Gasteiger partial charge is 0.465 e. The summed E-state index contributed by atoms with van der Waals surface area (Å²) in [5, 5.41) is 5.09. The Labute approximate surface area is 244 Å². The van der Waals surface area contributed by atoms with Gasteiger partial charge in [0.2, 0.25) is 12.2 Å². The van der Waals surface area contributed by atoms with E-state index in [1.807, 2.05) is 13.8 Å². The molecule has 0 aliphatic heterocycles. The topological polar surface area (TPSA) is 157 Å². The molecule has 0 saturated heterocycles. The third-order valence-electron chi connectivity index (χ3n) is 5.87. The molecule has 2 N–H and O–H groups in total. The number of rotatable bonds is 14. The van der Waals surface area contributed by atoms with Crippen molar-refractivity contribution in [3.05, 3.63) is 65.2 Å². The van der Waals surface area contributed by atoms with E-state index in [4.69, 9.17) is 9.47 Å². The Morgan fingerprint density at radius 3 is 1.88 bits per heavy atom. The number of ether oxygens (including phenoxy) is 3. The van der Waals surface area contributed by atoms with Crippen LogP contribution in [0.3, 0.4) is 0 Å². The summed E-state index contributed by atoms with van der Waals surface area (Å²) < 4.78 is 14.9. The highest BCUT2D eigenvalue weighted by Gasteiger charge is 2.39. The normalized spacial score (nSPS) is 11.8. The monoisotopic (exact) mass is 583 g/mol. The lowest BCUT2D eigenvalue weighted by atomic mass is 10.1. The van der Waals surface area contributed by atoms with Crippen molar-refractivity contribution in [2.45, 2.75) is 59.3 Å². The molecule has 0 aromatic heterocycles. The molecule has 2 aromatic carbocycles. The van der Waals surface area contributed by atoms with E-state index >= 15 is 0 Å². The van der Waals surface area contributed by atoms with Crippen LogP contribution in [0, 0.1) is 0 Å². The second-order valence-electron chi connectivity index (χ2n) is 9.33. The van der Waals surface area contributed by atoms with Crippen LogP contribution >= 0.6 is 0 Å². The summed E-state index contributed by atoms with van der Waals surface area (Å²) >= 11 is 0. The van der Waals surface area contributed by atoms with Gasteiger partial charge < -0.3 is 29.7 Å². The first-order valence-corrected chi connectivity index (χ1v) is 13.5. The summed E-state index contributed by atoms with van der Waals surface area (Å²) in [5.74, 6) is -4.35. The lowest BCUT2D eigenvalue weighted by Crippen LogP contribution is -2.51. The molecule has 12 heteroatoms. The average Bonchev–Trinajstić information content (AvgIpc) is 2.96. The van der Waals surface area contributed by atoms with Crippen LogP contribution < -0.4 is 10.6 Å². The summed E-state index contributed by atoms with van der Waals surface area (Å²) in [7, 11) is 1.26. The molecule has 0 heterocycles. The van der Waals surface area contributed by atoms with Crippen molar-refractivity contribution in [3.63, 3.8) is 0 Å². The molecular weight excluding hydrogens is 546 g/mol. The highest BCUT2D eigenvalue weighted by molar-refractivity contribution is 6.01. The van der Waals surface area contributed by atoms with Gasteiger partial charge in [-0.15, -0.1) is 0 Å². The van der Waals surface area contributed by atoms with Crippen LogP contribution in [0.2, 0.25) is 0 Å². The fourth-order valence-corrected chi connectivity index (χ4v) is 4.01. The maximum absolute atomic E-state index is 13.3. The zero-order chi connectivity index (χ0) is 31.2. The number of hydrogen-bond donors (Lipinski definition) is 2. The van der Waals surface area contributed by atoms with Crippen LogP contribution in [0.4, 0.5) is 5.69 Å². The predicted molar refractivity (Wildman–Crippen MR) is 152 cm³/mol. The Morgan fingerprint density at radius 2 is 1.36 bits per heavy atom. The van der Waals surface area contributed by atoms with Crippen LogP contribution in [0.25, 0.3) is 0 Å². The van der Waals surface area contributed by atoms with Crippen molar-refractivity contribution >= 4 is 41.3 Å². The zero-order valence-corrected chi connectivity index (χ0v) is 24.4. The van der Waals surface area contributed by atoms with Gasteiger partial charge in [0.05, 0.1) is 12.7 Å². The summed E-state index contributed by atoms with van der Waals surface area (Å²) in [5.41, 5.74) is 1.45. The minimum atomic E-state index is -1.84. The van der Waals surface area contributed by atoms with Crippen molar-refractivity contribution in [3.8, 4) is 0 Å². The van der Waals surface area contributed by atoms with Gasteiger partial charge in [0, 0.05) is 44.7 Å². The van der Waals surface area contributed by atoms with E-state index < -0.39 is 41.9 Å². The van der Waals surface area contributed by atoms with Gasteiger partial charge in [-0.1, -0.05) is 32.0 Å². The molecule has 2 rings (SSSR count). The van der Waals surface area contributed by atoms with Gasteiger partial charge in [-0.05, 0) is 48.7 Å². The molecule has 0 radical (unpaired) electrons. The van der Waals surface area contributed by atoms with Gasteiger partial charge in [-0.3, -0.25) is 24.0 Å². The fraction of sp³-hybridized carbons (Fsp3) is 0.400. The molecule has 42 heavy (non-hydrogen) atoms. The number of methoxy groups -OCH3 is 1. The lowest BCUT2D eigenvalue weighted by Gasteiger charge is -2.25. The molecule has 0 spiro atoms. The third-order valence-corrected chi connectivity index (χ3v) is 5.87. The van der Waals surface area contributed by atoms with Crippen LogP contribution in [0.15, 0.2) is 48.5 Å². The van der Waals surface area contributed by atoms with Crippen LogP contribution in [-0.4, -0.2) is 72.9 Å². The minimum absolute atomic E-state index is 0.0529. The first kappa shape index (κ1) is 33.5. The van der Waals surface area contributed by atoms with Crippen LogP contribution in [0.5, 0.6) is 0 Å². The number of carbonyl (C=O) groups excluding carboxylic acids is 6. The maximum atomic E-state index is 13.3. The molecule has 0 fully saturated rings. The Kier molecular flexibility index (Phi) is 13.2. The van der Waals surface area contributed by atoms with Gasteiger partial charge in [-0.2, -0.15) is 0 Å². The maximum Gasteiger partial charge on any atom is 0.337 e. The predicted octanol–water partition coefficient (Wildman–Crippen LogP) is 2.85. The molecule has 226 valence electrons. The highest BCUT2D eigenvalue weighted by Crippen LogP contribution is 2.17. The van der Waals surface area contributed by atoms with Gasteiger partial charge in [-0.25, -0.2) is 4.79 Å². The molecule has 0 aliphatic carbocycles. The van der Waals surface area contributed by atoms with E-state index in [9.17, 15) is 28.8 Å². The summed E-state index contributed by atoms with van der Waals surface area (Å²) in [4.78, 5) is 76.5. The van der Waals surface area contributed by atoms with Crippen molar-refractivity contribution in [2.75, 3.05) is 25.5 Å². The van der Waals surface area contributed by atoms with Crippen molar-refractivity contribution in [1.82, 2.24) is 10.2 Å². The van der Waals surface area contributed by atoms with Gasteiger partial charge in [0.25, 0.3) is 17.7 Å². The molecule has 3 amide bonds. The van der Waals surface area contributed by atoms with Crippen LogP contribution in [-0.2, 0) is 39.9 Å². The molecule has 0 bridgehead atoms.